The van der Waals surface area contributed by atoms with Crippen molar-refractivity contribution in [1.29, 1.82) is 0 Å². The molecule has 0 bridgehead atoms. The average molecular weight is 380 g/mol. The number of aryl methyl sites for hydroxylation is 1. The lowest BCUT2D eigenvalue weighted by molar-refractivity contribution is 0.130. The normalized spacial score (nSPS) is 13.4. The van der Waals surface area contributed by atoms with E-state index < -0.39 is 18.0 Å². The molecule has 3 rings (SSSR count). The first-order valence-corrected chi connectivity index (χ1v) is 8.36. The van der Waals surface area contributed by atoms with E-state index in [9.17, 15) is 14.3 Å². The molecule has 0 saturated carbocycles. The summed E-state index contributed by atoms with van der Waals surface area (Å²) in [6.45, 7) is 2.65. The molecule has 2 aromatic carbocycles. The predicted octanol–water partition coefficient (Wildman–Crippen LogP) is 2.55. The van der Waals surface area contributed by atoms with Gasteiger partial charge >= 0.3 is 5.69 Å². The lowest BCUT2D eigenvalue weighted by Crippen LogP contribution is -2.38. The first kappa shape index (κ1) is 20.2. The number of aliphatic hydroxyl groups is 1. The van der Waals surface area contributed by atoms with Crippen LogP contribution in [0.1, 0.15) is 18.5 Å². The third-order valence-corrected chi connectivity index (χ3v) is 4.44. The van der Waals surface area contributed by atoms with E-state index in [4.69, 9.17) is 0 Å². The number of nitrogens with one attached hydrogen (secondary N) is 1. The number of aromatic nitrogens is 2. The van der Waals surface area contributed by atoms with Crippen molar-refractivity contribution in [2.45, 2.75) is 25.6 Å². The van der Waals surface area contributed by atoms with Crippen LogP contribution in [0.5, 0.6) is 0 Å². The molecule has 1 aromatic heterocycles. The van der Waals surface area contributed by atoms with Gasteiger partial charge in [-0.15, -0.1) is 12.4 Å². The van der Waals surface area contributed by atoms with Gasteiger partial charge in [0.05, 0.1) is 23.2 Å². The van der Waals surface area contributed by atoms with Gasteiger partial charge in [0, 0.05) is 13.1 Å². The van der Waals surface area contributed by atoms with Crippen molar-refractivity contribution in [3.8, 4) is 0 Å². The fourth-order valence-electron chi connectivity index (χ4n) is 3.34. The van der Waals surface area contributed by atoms with E-state index in [0.717, 1.165) is 5.56 Å². The topological polar surface area (TPSA) is 59.2 Å². The van der Waals surface area contributed by atoms with Crippen molar-refractivity contribution in [3.05, 3.63) is 70.4 Å². The maximum atomic E-state index is 13.9. The first-order chi connectivity index (χ1) is 12.1. The van der Waals surface area contributed by atoms with Gasteiger partial charge in [-0.05, 0) is 37.7 Å². The molecular formula is C19H23ClFN3O2. The highest BCUT2D eigenvalue weighted by Crippen LogP contribution is 2.26. The molecule has 2 N–H and O–H groups in total. The van der Waals surface area contributed by atoms with Crippen LogP contribution in [0.2, 0.25) is 0 Å². The average Bonchev–Trinajstić information content (AvgIpc) is 2.88. The van der Waals surface area contributed by atoms with E-state index in [-0.39, 0.29) is 18.1 Å². The highest BCUT2D eigenvalue weighted by molar-refractivity contribution is 5.85. The maximum absolute atomic E-state index is 13.9. The molecule has 26 heavy (non-hydrogen) atoms. The molecule has 5 nitrogen and oxygen atoms in total. The molecule has 1 heterocycles. The van der Waals surface area contributed by atoms with Crippen LogP contribution in [0.4, 0.5) is 4.39 Å². The molecule has 7 heteroatoms. The Morgan fingerprint density at radius 2 is 1.85 bits per heavy atom. The van der Waals surface area contributed by atoms with Gasteiger partial charge in [0.1, 0.15) is 5.82 Å². The molecule has 0 amide bonds. The highest BCUT2D eigenvalue weighted by atomic mass is 35.5. The van der Waals surface area contributed by atoms with Gasteiger partial charge < -0.3 is 10.4 Å². The van der Waals surface area contributed by atoms with Crippen molar-refractivity contribution in [3.63, 3.8) is 0 Å². The summed E-state index contributed by atoms with van der Waals surface area (Å²) in [4.78, 5) is 13.0. The molecule has 0 aliphatic rings. The maximum Gasteiger partial charge on any atom is 0.329 e. The van der Waals surface area contributed by atoms with Gasteiger partial charge in [-0.3, -0.25) is 9.13 Å². The Morgan fingerprint density at radius 1 is 1.15 bits per heavy atom. The molecule has 0 unspecified atom stereocenters. The quantitative estimate of drug-likeness (QED) is 0.692. The molecule has 0 aliphatic heterocycles. The largest absolute Gasteiger partial charge is 0.389 e. The second-order valence-electron chi connectivity index (χ2n) is 6.01. The Hall–Kier alpha value is -2.15. The summed E-state index contributed by atoms with van der Waals surface area (Å²) in [7, 11) is 1.74. The Kier molecular flexibility index (Phi) is 6.58. The van der Waals surface area contributed by atoms with Gasteiger partial charge in [-0.25, -0.2) is 9.18 Å². The van der Waals surface area contributed by atoms with Crippen molar-refractivity contribution in [2.24, 2.45) is 0 Å². The Morgan fingerprint density at radius 3 is 2.46 bits per heavy atom. The van der Waals surface area contributed by atoms with Crippen LogP contribution in [-0.4, -0.2) is 33.9 Å². The number of fused-ring (bicyclic) bond motifs is 1. The van der Waals surface area contributed by atoms with Crippen LogP contribution in [0.3, 0.4) is 0 Å². The van der Waals surface area contributed by atoms with E-state index in [1.54, 1.807) is 17.7 Å². The van der Waals surface area contributed by atoms with Crippen LogP contribution in [-0.2, 0) is 6.54 Å². The van der Waals surface area contributed by atoms with Crippen molar-refractivity contribution in [1.82, 2.24) is 14.5 Å². The second kappa shape index (κ2) is 8.49. The molecule has 0 spiro atoms. The van der Waals surface area contributed by atoms with Gasteiger partial charge in [0.25, 0.3) is 0 Å². The van der Waals surface area contributed by atoms with Crippen LogP contribution >= 0.6 is 12.4 Å². The lowest BCUT2D eigenvalue weighted by Gasteiger charge is -2.25. The summed E-state index contributed by atoms with van der Waals surface area (Å²) in [6, 6.07) is 13.0. The van der Waals surface area contributed by atoms with Crippen LogP contribution in [0.25, 0.3) is 11.0 Å². The molecule has 0 saturated heterocycles. The number of rotatable bonds is 6. The predicted molar refractivity (Wildman–Crippen MR) is 104 cm³/mol. The third-order valence-electron chi connectivity index (χ3n) is 4.44. The van der Waals surface area contributed by atoms with E-state index in [1.165, 1.54) is 16.7 Å². The Labute approximate surface area is 157 Å². The summed E-state index contributed by atoms with van der Waals surface area (Å²) < 4.78 is 17.0. The number of hydrogen-bond donors (Lipinski definition) is 2. The number of aliphatic hydroxyl groups excluding tert-OH is 1. The minimum atomic E-state index is -0.843. The number of imidazole rings is 1. The number of nitrogens with zero attached hydrogens (tertiary/aromatic N) is 2. The Bertz CT molecular complexity index is 924. The van der Waals surface area contributed by atoms with Gasteiger partial charge in [0.2, 0.25) is 0 Å². The van der Waals surface area contributed by atoms with Crippen molar-refractivity contribution in [2.75, 3.05) is 13.6 Å². The molecule has 0 aliphatic carbocycles. The van der Waals surface area contributed by atoms with E-state index in [1.807, 2.05) is 37.3 Å². The van der Waals surface area contributed by atoms with Crippen LogP contribution in [0.15, 0.2) is 53.3 Å². The molecule has 140 valence electrons. The van der Waals surface area contributed by atoms with E-state index >= 15 is 0 Å². The number of benzene rings is 2. The van der Waals surface area contributed by atoms with E-state index in [0.29, 0.717) is 24.1 Å². The zero-order chi connectivity index (χ0) is 18.0. The smallest absolute Gasteiger partial charge is 0.329 e. The third kappa shape index (κ3) is 3.53. The number of likely N-dealkylation sites (N-methyl/N-ethyl adjacent to an activating group) is 1. The van der Waals surface area contributed by atoms with Crippen molar-refractivity contribution >= 4 is 23.4 Å². The zero-order valence-electron chi connectivity index (χ0n) is 14.7. The molecule has 3 aromatic rings. The minimum absolute atomic E-state index is 0. The number of halogens is 2. The van der Waals surface area contributed by atoms with Gasteiger partial charge in [0.15, 0.2) is 0 Å². The summed E-state index contributed by atoms with van der Waals surface area (Å²) in [5.74, 6) is -0.413. The zero-order valence-corrected chi connectivity index (χ0v) is 15.5. The van der Waals surface area contributed by atoms with Gasteiger partial charge in [-0.1, -0.05) is 30.3 Å². The first-order valence-electron chi connectivity index (χ1n) is 8.36. The number of hydrogen-bond acceptors (Lipinski definition) is 3. The summed E-state index contributed by atoms with van der Waals surface area (Å²) >= 11 is 0. The summed E-state index contributed by atoms with van der Waals surface area (Å²) in [6.07, 6.45) is -0.843. The van der Waals surface area contributed by atoms with Crippen molar-refractivity contribution < 1.29 is 9.50 Å². The second-order valence-corrected chi connectivity index (χ2v) is 6.01. The fourth-order valence-corrected chi connectivity index (χ4v) is 3.34. The molecular weight excluding hydrogens is 357 g/mol. The molecule has 2 atom stereocenters. The summed E-state index contributed by atoms with van der Waals surface area (Å²) in [5.41, 5.74) is 1.68. The Balaban J connectivity index is 0.00000243. The van der Waals surface area contributed by atoms with Gasteiger partial charge in [-0.2, -0.15) is 0 Å². The fraction of sp³-hybridized carbons (Fsp3) is 0.316. The SMILES string of the molecule is CCn1c(=O)n([C@@H](c2ccccc2)[C@H](O)CNC)c2cc(F)ccc21.Cl. The monoisotopic (exact) mass is 379 g/mol. The minimum Gasteiger partial charge on any atom is -0.389 e. The summed E-state index contributed by atoms with van der Waals surface area (Å²) in [5, 5.41) is 13.7. The van der Waals surface area contributed by atoms with E-state index in [2.05, 4.69) is 5.32 Å². The lowest BCUT2D eigenvalue weighted by atomic mass is 10.0. The highest BCUT2D eigenvalue weighted by Gasteiger charge is 2.27. The molecule has 0 fully saturated rings. The standard InChI is InChI=1S/C19H22FN3O2.ClH/c1-3-22-15-10-9-14(20)11-16(15)23(19(22)25)18(17(24)12-21-2)13-7-5-4-6-8-13;/h4-11,17-18,21,24H,3,12H2,1-2H3;1H/t17-,18+;/m1./s1. The van der Waals surface area contributed by atoms with Crippen LogP contribution < -0.4 is 11.0 Å². The van der Waals surface area contributed by atoms with Crippen LogP contribution in [0, 0.1) is 5.82 Å². The molecule has 0 radical (unpaired) electrons.